The number of carbonyl (C=O) groups excluding carboxylic acids is 1. The van der Waals surface area contributed by atoms with Gasteiger partial charge in [0, 0.05) is 11.8 Å². The Morgan fingerprint density at radius 2 is 1.81 bits per heavy atom. The van der Waals surface area contributed by atoms with E-state index in [2.05, 4.69) is 10.2 Å². The summed E-state index contributed by atoms with van der Waals surface area (Å²) in [6.45, 7) is 4.83. The molecule has 0 radical (unpaired) electrons. The maximum absolute atomic E-state index is 13.7. The molecule has 1 atom stereocenters. The summed E-state index contributed by atoms with van der Waals surface area (Å²) >= 11 is 0. The van der Waals surface area contributed by atoms with Crippen molar-refractivity contribution in [3.05, 3.63) is 54.1 Å². The first-order valence-corrected chi connectivity index (χ1v) is 8.58. The number of aromatic hydroxyl groups is 1. The lowest BCUT2D eigenvalue weighted by molar-refractivity contribution is -0.914. The van der Waals surface area contributed by atoms with Crippen molar-refractivity contribution in [2.24, 2.45) is 0 Å². The third kappa shape index (κ3) is 4.11. The topological polar surface area (TPSA) is 57.0 Å². The molecule has 0 spiro atoms. The highest BCUT2D eigenvalue weighted by atomic mass is 19.1. The second-order valence-electron chi connectivity index (χ2n) is 6.50. The number of phenolic OH excluding ortho intramolecular Hbond substituents is 1. The fraction of sp³-hybridized carbons (Fsp3) is 0.316. The van der Waals surface area contributed by atoms with Gasteiger partial charge in [-0.1, -0.05) is 0 Å². The van der Waals surface area contributed by atoms with E-state index in [1.165, 1.54) is 0 Å². The van der Waals surface area contributed by atoms with Gasteiger partial charge >= 0.3 is 0 Å². The van der Waals surface area contributed by atoms with E-state index in [0.29, 0.717) is 0 Å². The van der Waals surface area contributed by atoms with Crippen LogP contribution in [0.5, 0.6) is 5.75 Å². The lowest BCUT2D eigenvalue weighted by atomic mass is 10.2. The number of hydrogen-bond acceptors (Lipinski definition) is 3. The molecule has 1 heterocycles. The van der Waals surface area contributed by atoms with Gasteiger partial charge in [-0.15, -0.1) is 0 Å². The SMILES string of the molecule is C[C@@H](C(=O)Nc1cc(F)ccc1F)[NH+]1CCN(c2ccc(O)cc2)CC1. The summed E-state index contributed by atoms with van der Waals surface area (Å²) in [7, 11) is 0. The fourth-order valence-electron chi connectivity index (χ4n) is 3.17. The summed E-state index contributed by atoms with van der Waals surface area (Å²) in [6, 6.07) is 9.65. The Labute approximate surface area is 150 Å². The largest absolute Gasteiger partial charge is 0.508 e. The van der Waals surface area contributed by atoms with Crippen molar-refractivity contribution in [1.82, 2.24) is 0 Å². The van der Waals surface area contributed by atoms with Gasteiger partial charge < -0.3 is 20.2 Å². The van der Waals surface area contributed by atoms with Crippen molar-refractivity contribution in [1.29, 1.82) is 0 Å². The summed E-state index contributed by atoms with van der Waals surface area (Å²) in [6.07, 6.45) is 0. The molecule has 138 valence electrons. The highest BCUT2D eigenvalue weighted by Gasteiger charge is 2.29. The standard InChI is InChI=1S/C19H21F2N3O2/c1-13(19(26)22-18-12-14(20)2-7-17(18)21)23-8-10-24(11-9-23)15-3-5-16(25)6-4-15/h2-7,12-13,25H,8-11H2,1H3,(H,22,26)/p+1/t13-/m0/s1. The maximum Gasteiger partial charge on any atom is 0.282 e. The predicted molar refractivity (Wildman–Crippen MR) is 95.5 cm³/mol. The zero-order valence-corrected chi connectivity index (χ0v) is 14.5. The Hall–Kier alpha value is -2.67. The fourth-order valence-corrected chi connectivity index (χ4v) is 3.17. The predicted octanol–water partition coefficient (Wildman–Crippen LogP) is 1.40. The molecular weight excluding hydrogens is 340 g/mol. The van der Waals surface area contributed by atoms with E-state index < -0.39 is 11.6 Å². The van der Waals surface area contributed by atoms with Crippen molar-refractivity contribution >= 4 is 17.3 Å². The van der Waals surface area contributed by atoms with Gasteiger partial charge in [0.15, 0.2) is 6.04 Å². The highest BCUT2D eigenvalue weighted by molar-refractivity contribution is 5.93. The summed E-state index contributed by atoms with van der Waals surface area (Å²) in [5.74, 6) is -1.35. The van der Waals surface area contributed by atoms with E-state index in [9.17, 15) is 18.7 Å². The minimum absolute atomic E-state index is 0.135. The number of rotatable bonds is 4. The zero-order chi connectivity index (χ0) is 18.7. The van der Waals surface area contributed by atoms with E-state index in [-0.39, 0.29) is 23.4 Å². The number of nitrogens with one attached hydrogen (secondary N) is 2. The Morgan fingerprint density at radius 3 is 2.46 bits per heavy atom. The molecule has 0 saturated carbocycles. The van der Waals surface area contributed by atoms with Crippen molar-refractivity contribution in [2.75, 3.05) is 36.4 Å². The molecule has 0 aromatic heterocycles. The summed E-state index contributed by atoms with van der Waals surface area (Å²) in [4.78, 5) is 15.7. The average molecular weight is 362 g/mol. The number of amides is 1. The molecular formula is C19H22F2N3O2+. The third-order valence-corrected chi connectivity index (χ3v) is 4.81. The number of quaternary nitrogens is 1. The quantitative estimate of drug-likeness (QED) is 0.771. The van der Waals surface area contributed by atoms with Crippen LogP contribution in [-0.4, -0.2) is 43.2 Å². The van der Waals surface area contributed by atoms with Crippen LogP contribution in [0.4, 0.5) is 20.2 Å². The van der Waals surface area contributed by atoms with Crippen LogP contribution >= 0.6 is 0 Å². The lowest BCUT2D eigenvalue weighted by Gasteiger charge is -2.36. The zero-order valence-electron chi connectivity index (χ0n) is 14.5. The van der Waals surface area contributed by atoms with Crippen LogP contribution in [0.1, 0.15) is 6.92 Å². The first-order chi connectivity index (χ1) is 12.4. The number of piperazine rings is 1. The van der Waals surface area contributed by atoms with Crippen molar-refractivity contribution in [3.63, 3.8) is 0 Å². The number of carbonyl (C=O) groups is 1. The van der Waals surface area contributed by atoms with E-state index in [1.807, 2.05) is 12.1 Å². The summed E-state index contributed by atoms with van der Waals surface area (Å²) < 4.78 is 26.9. The molecule has 1 saturated heterocycles. The van der Waals surface area contributed by atoms with Gasteiger partial charge in [0.25, 0.3) is 5.91 Å². The van der Waals surface area contributed by atoms with E-state index in [0.717, 1.165) is 55.0 Å². The average Bonchev–Trinajstić information content (AvgIpc) is 2.65. The lowest BCUT2D eigenvalue weighted by Crippen LogP contribution is -3.19. The highest BCUT2D eigenvalue weighted by Crippen LogP contribution is 2.18. The monoisotopic (exact) mass is 362 g/mol. The molecule has 26 heavy (non-hydrogen) atoms. The van der Waals surface area contributed by atoms with Gasteiger partial charge in [-0.3, -0.25) is 4.79 Å². The molecule has 1 aliphatic heterocycles. The Balaban J connectivity index is 1.57. The number of phenols is 1. The second kappa shape index (κ2) is 7.70. The number of halogens is 2. The first-order valence-electron chi connectivity index (χ1n) is 8.58. The van der Waals surface area contributed by atoms with E-state index in [1.54, 1.807) is 19.1 Å². The molecule has 1 aliphatic rings. The van der Waals surface area contributed by atoms with Gasteiger partial charge in [-0.2, -0.15) is 0 Å². The van der Waals surface area contributed by atoms with Crippen LogP contribution in [0.2, 0.25) is 0 Å². The number of nitrogens with zero attached hydrogens (tertiary/aromatic N) is 1. The molecule has 0 aliphatic carbocycles. The van der Waals surface area contributed by atoms with Crippen molar-refractivity contribution < 1.29 is 23.6 Å². The van der Waals surface area contributed by atoms with E-state index in [4.69, 9.17) is 0 Å². The van der Waals surface area contributed by atoms with Gasteiger partial charge in [0.05, 0.1) is 31.9 Å². The van der Waals surface area contributed by atoms with Gasteiger partial charge in [0.2, 0.25) is 0 Å². The molecule has 0 unspecified atom stereocenters. The van der Waals surface area contributed by atoms with Gasteiger partial charge in [0.1, 0.15) is 17.4 Å². The summed E-state index contributed by atoms with van der Waals surface area (Å²) in [5.41, 5.74) is 0.893. The molecule has 3 N–H and O–H groups in total. The second-order valence-corrected chi connectivity index (χ2v) is 6.50. The molecule has 1 amide bonds. The maximum atomic E-state index is 13.7. The number of benzene rings is 2. The Morgan fingerprint density at radius 1 is 1.15 bits per heavy atom. The van der Waals surface area contributed by atoms with E-state index >= 15 is 0 Å². The van der Waals surface area contributed by atoms with Crippen molar-refractivity contribution in [2.45, 2.75) is 13.0 Å². The summed E-state index contributed by atoms with van der Waals surface area (Å²) in [5, 5.41) is 11.9. The molecule has 1 fully saturated rings. The van der Waals surface area contributed by atoms with Crippen LogP contribution < -0.4 is 15.1 Å². The molecule has 3 rings (SSSR count). The smallest absolute Gasteiger partial charge is 0.282 e. The Kier molecular flexibility index (Phi) is 5.37. The molecule has 0 bridgehead atoms. The van der Waals surface area contributed by atoms with Crippen LogP contribution in [0.15, 0.2) is 42.5 Å². The molecule has 2 aromatic rings. The number of anilines is 2. The third-order valence-electron chi connectivity index (χ3n) is 4.81. The van der Waals surface area contributed by atoms with Crippen LogP contribution in [0.25, 0.3) is 0 Å². The normalized spacial score (nSPS) is 16.3. The minimum Gasteiger partial charge on any atom is -0.508 e. The van der Waals surface area contributed by atoms with Crippen LogP contribution in [-0.2, 0) is 4.79 Å². The van der Waals surface area contributed by atoms with Gasteiger partial charge in [-0.25, -0.2) is 8.78 Å². The molecule has 2 aromatic carbocycles. The molecule has 5 nitrogen and oxygen atoms in total. The van der Waals surface area contributed by atoms with Gasteiger partial charge in [-0.05, 0) is 43.3 Å². The number of hydrogen-bond donors (Lipinski definition) is 3. The molecule has 7 heteroatoms. The van der Waals surface area contributed by atoms with Crippen molar-refractivity contribution in [3.8, 4) is 5.75 Å². The Bertz CT molecular complexity index is 775. The van der Waals surface area contributed by atoms with Crippen LogP contribution in [0, 0.1) is 11.6 Å². The van der Waals surface area contributed by atoms with Crippen LogP contribution in [0.3, 0.4) is 0 Å². The minimum atomic E-state index is -0.654. The first kappa shape index (κ1) is 18.1.